The van der Waals surface area contributed by atoms with E-state index in [0.717, 1.165) is 22.0 Å². The molecule has 0 radical (unpaired) electrons. The summed E-state index contributed by atoms with van der Waals surface area (Å²) >= 11 is 0. The predicted octanol–water partition coefficient (Wildman–Crippen LogP) is 6.08. The van der Waals surface area contributed by atoms with Crippen molar-refractivity contribution in [2.24, 2.45) is 0 Å². The second kappa shape index (κ2) is 12.5. The van der Waals surface area contributed by atoms with Gasteiger partial charge in [0.15, 0.2) is 0 Å². The van der Waals surface area contributed by atoms with E-state index in [1.54, 1.807) is 24.3 Å². The van der Waals surface area contributed by atoms with Crippen molar-refractivity contribution in [2.45, 2.75) is 48.8 Å². The summed E-state index contributed by atoms with van der Waals surface area (Å²) in [4.78, 5) is 24.9. The van der Waals surface area contributed by atoms with Crippen LogP contribution >= 0.6 is 0 Å². The molecule has 4 aromatic rings. The highest BCUT2D eigenvalue weighted by atomic mass is 32.2. The summed E-state index contributed by atoms with van der Waals surface area (Å²) < 4.78 is 68.9. The number of aliphatic carboxylic acids is 1. The summed E-state index contributed by atoms with van der Waals surface area (Å²) in [5.74, 6) is -1.57. The first-order chi connectivity index (χ1) is 20.9. The van der Waals surface area contributed by atoms with Gasteiger partial charge < -0.3 is 10.4 Å². The maximum absolute atomic E-state index is 14.1. The third-order valence-corrected chi connectivity index (χ3v) is 9.38. The lowest BCUT2D eigenvalue weighted by molar-refractivity contribution is -0.138. The average molecular weight is 623 g/mol. The molecule has 5 rings (SSSR count). The molecule has 1 aliphatic heterocycles. The van der Waals surface area contributed by atoms with Gasteiger partial charge in [-0.2, -0.15) is 13.2 Å². The molecule has 0 fully saturated rings. The van der Waals surface area contributed by atoms with Crippen molar-refractivity contribution in [3.05, 3.63) is 120 Å². The molecular weight excluding hydrogens is 593 g/mol. The Morgan fingerprint density at radius 2 is 1.57 bits per heavy atom. The van der Waals surface area contributed by atoms with Gasteiger partial charge in [-0.25, -0.2) is 8.42 Å². The number of carboxylic acids is 1. The fraction of sp³-hybridized carbons (Fsp3) is 0.212. The van der Waals surface area contributed by atoms with Crippen LogP contribution in [0.3, 0.4) is 0 Å². The number of carbonyl (C=O) groups excluding carboxylic acids is 1. The Kier molecular flexibility index (Phi) is 8.78. The lowest BCUT2D eigenvalue weighted by Crippen LogP contribution is -2.51. The molecule has 2 atom stereocenters. The number of benzene rings is 4. The molecule has 1 heterocycles. The van der Waals surface area contributed by atoms with E-state index < -0.39 is 45.7 Å². The standard InChI is InChI=1S/C33H29F3N2O5S/c34-33(35,36)26-11-6-10-24(20-26)23-13-16-28(17-14-23)44(42,43)38-29-12-5-4-9-25(29)21-30(38)32(41)37-27(15-18-31(39)40)19-22-7-2-1-3-8-22/h1-14,16-17,20,27,30H,15,18-19,21H2,(H,37,41)(H,39,40)/t27-,30+/m1/s1. The number of sulfonamides is 1. The molecule has 1 aliphatic rings. The first kappa shape index (κ1) is 30.8. The average Bonchev–Trinajstić information content (AvgIpc) is 3.41. The lowest BCUT2D eigenvalue weighted by atomic mass is 10.0. The second-order valence-electron chi connectivity index (χ2n) is 10.6. The van der Waals surface area contributed by atoms with Gasteiger partial charge in [-0.05, 0) is 65.4 Å². The zero-order valence-electron chi connectivity index (χ0n) is 23.4. The third kappa shape index (κ3) is 6.78. The number of carboxylic acid groups (broad SMARTS) is 1. The van der Waals surface area contributed by atoms with Crippen LogP contribution in [-0.4, -0.2) is 37.5 Å². The van der Waals surface area contributed by atoms with E-state index in [4.69, 9.17) is 0 Å². The van der Waals surface area contributed by atoms with Gasteiger partial charge in [-0.15, -0.1) is 0 Å². The van der Waals surface area contributed by atoms with Crippen LogP contribution in [-0.2, 0) is 38.6 Å². The number of nitrogens with one attached hydrogen (secondary N) is 1. The Labute approximate surface area is 253 Å². The Balaban J connectivity index is 1.43. The van der Waals surface area contributed by atoms with Gasteiger partial charge in [0.1, 0.15) is 6.04 Å². The first-order valence-electron chi connectivity index (χ1n) is 13.9. The van der Waals surface area contributed by atoms with Crippen LogP contribution in [0.2, 0.25) is 0 Å². The van der Waals surface area contributed by atoms with Gasteiger partial charge in [-0.3, -0.25) is 13.9 Å². The summed E-state index contributed by atoms with van der Waals surface area (Å²) in [7, 11) is -4.30. The van der Waals surface area contributed by atoms with Gasteiger partial charge in [0.05, 0.1) is 16.1 Å². The Hall–Kier alpha value is -4.64. The number of anilines is 1. The van der Waals surface area contributed by atoms with Crippen LogP contribution in [0.1, 0.15) is 29.5 Å². The summed E-state index contributed by atoms with van der Waals surface area (Å²) in [5.41, 5.74) is 1.75. The van der Waals surface area contributed by atoms with Crippen LogP contribution in [0.5, 0.6) is 0 Å². The van der Waals surface area contributed by atoms with Crippen LogP contribution in [0, 0.1) is 0 Å². The molecule has 0 aliphatic carbocycles. The zero-order chi connectivity index (χ0) is 31.5. The molecule has 2 N–H and O–H groups in total. The number of carbonyl (C=O) groups is 2. The molecule has 4 aromatic carbocycles. The molecule has 44 heavy (non-hydrogen) atoms. The molecular formula is C33H29F3N2O5S. The van der Waals surface area contributed by atoms with Gasteiger partial charge in [-0.1, -0.05) is 72.8 Å². The summed E-state index contributed by atoms with van der Waals surface area (Å²) in [6.45, 7) is 0. The number of halogens is 3. The maximum Gasteiger partial charge on any atom is 0.416 e. The Bertz CT molecular complexity index is 1760. The number of fused-ring (bicyclic) bond motifs is 1. The molecule has 0 aromatic heterocycles. The minimum Gasteiger partial charge on any atom is -0.481 e. The van der Waals surface area contributed by atoms with Crippen molar-refractivity contribution < 1.29 is 36.3 Å². The van der Waals surface area contributed by atoms with E-state index in [-0.39, 0.29) is 29.7 Å². The quantitative estimate of drug-likeness (QED) is 0.223. The van der Waals surface area contributed by atoms with Crippen LogP contribution in [0.25, 0.3) is 11.1 Å². The fourth-order valence-electron chi connectivity index (χ4n) is 5.38. The van der Waals surface area contributed by atoms with Crippen LogP contribution in [0.15, 0.2) is 108 Å². The van der Waals surface area contributed by atoms with E-state index in [2.05, 4.69) is 5.32 Å². The molecule has 7 nitrogen and oxygen atoms in total. The van der Waals surface area contributed by atoms with E-state index >= 15 is 0 Å². The minimum atomic E-state index is -4.52. The monoisotopic (exact) mass is 622 g/mol. The van der Waals surface area contributed by atoms with E-state index in [9.17, 15) is 36.3 Å². The third-order valence-electron chi connectivity index (χ3n) is 7.54. The predicted molar refractivity (Wildman–Crippen MR) is 159 cm³/mol. The fourth-order valence-corrected chi connectivity index (χ4v) is 7.03. The van der Waals surface area contributed by atoms with Gasteiger partial charge in [0.2, 0.25) is 5.91 Å². The molecule has 0 saturated heterocycles. The van der Waals surface area contributed by atoms with E-state index in [0.29, 0.717) is 23.2 Å². The number of rotatable bonds is 10. The Morgan fingerprint density at radius 1 is 0.886 bits per heavy atom. The first-order valence-corrected chi connectivity index (χ1v) is 15.3. The maximum atomic E-state index is 14.1. The number of hydrogen-bond donors (Lipinski definition) is 2. The minimum absolute atomic E-state index is 0.112. The Morgan fingerprint density at radius 3 is 2.25 bits per heavy atom. The van der Waals surface area contributed by atoms with Crippen molar-refractivity contribution >= 4 is 27.6 Å². The molecule has 1 amide bonds. The van der Waals surface area contributed by atoms with Crippen molar-refractivity contribution in [3.8, 4) is 11.1 Å². The van der Waals surface area contributed by atoms with E-state index in [1.807, 2.05) is 30.3 Å². The van der Waals surface area contributed by atoms with Crippen molar-refractivity contribution in [1.29, 1.82) is 0 Å². The van der Waals surface area contributed by atoms with Gasteiger partial charge in [0, 0.05) is 18.9 Å². The van der Waals surface area contributed by atoms with Gasteiger partial charge in [0.25, 0.3) is 10.0 Å². The molecule has 0 spiro atoms. The largest absolute Gasteiger partial charge is 0.481 e. The SMILES string of the molecule is O=C(O)CC[C@H](Cc1ccccc1)NC(=O)[C@@H]1Cc2ccccc2N1S(=O)(=O)c1ccc(-c2cccc(C(F)(F)F)c2)cc1. The molecule has 228 valence electrons. The molecule has 0 saturated carbocycles. The highest BCUT2D eigenvalue weighted by molar-refractivity contribution is 7.93. The highest BCUT2D eigenvalue weighted by Crippen LogP contribution is 2.38. The summed E-state index contributed by atoms with van der Waals surface area (Å²) in [5, 5.41) is 12.2. The van der Waals surface area contributed by atoms with Crippen LogP contribution in [0.4, 0.5) is 18.9 Å². The number of alkyl halides is 3. The second-order valence-corrected chi connectivity index (χ2v) is 12.4. The molecule has 11 heteroatoms. The number of hydrogen-bond acceptors (Lipinski definition) is 4. The molecule has 0 bridgehead atoms. The van der Waals surface area contributed by atoms with Crippen molar-refractivity contribution in [1.82, 2.24) is 5.32 Å². The van der Waals surface area contributed by atoms with Crippen LogP contribution < -0.4 is 9.62 Å². The lowest BCUT2D eigenvalue weighted by Gasteiger charge is -2.28. The van der Waals surface area contributed by atoms with E-state index in [1.165, 1.54) is 36.4 Å². The summed E-state index contributed by atoms with van der Waals surface area (Å²) in [6, 6.07) is 24.6. The zero-order valence-corrected chi connectivity index (χ0v) is 24.2. The topological polar surface area (TPSA) is 104 Å². The number of para-hydroxylation sites is 1. The van der Waals surface area contributed by atoms with Crippen molar-refractivity contribution in [2.75, 3.05) is 4.31 Å². The number of nitrogens with zero attached hydrogens (tertiary/aromatic N) is 1. The summed E-state index contributed by atoms with van der Waals surface area (Å²) in [6.07, 6.45) is -4.07. The van der Waals surface area contributed by atoms with Crippen molar-refractivity contribution in [3.63, 3.8) is 0 Å². The molecule has 0 unspecified atom stereocenters. The van der Waals surface area contributed by atoms with Gasteiger partial charge >= 0.3 is 12.1 Å². The normalized spacial score (nSPS) is 15.4. The smallest absolute Gasteiger partial charge is 0.416 e. The number of amides is 1. The highest BCUT2D eigenvalue weighted by Gasteiger charge is 2.42.